The minimum absolute atomic E-state index is 0.129. The van der Waals surface area contributed by atoms with Crippen LogP contribution in [0.3, 0.4) is 0 Å². The van der Waals surface area contributed by atoms with Crippen molar-refractivity contribution in [3.63, 3.8) is 0 Å². The molecule has 3 heterocycles. The number of amides is 1. The highest BCUT2D eigenvalue weighted by Gasteiger charge is 2.23. The van der Waals surface area contributed by atoms with Gasteiger partial charge >= 0.3 is 0 Å². The Hall–Kier alpha value is -3.15. The van der Waals surface area contributed by atoms with Crippen LogP contribution in [0.5, 0.6) is 0 Å². The van der Waals surface area contributed by atoms with E-state index < -0.39 is 0 Å². The molecule has 0 aliphatic carbocycles. The van der Waals surface area contributed by atoms with Gasteiger partial charge in [-0.05, 0) is 23.8 Å². The minimum atomic E-state index is 0.129. The summed E-state index contributed by atoms with van der Waals surface area (Å²) >= 11 is 0. The van der Waals surface area contributed by atoms with Crippen molar-refractivity contribution in [2.45, 2.75) is 19.5 Å². The number of fused-ring (bicyclic) bond motifs is 1. The van der Waals surface area contributed by atoms with Crippen LogP contribution in [0.4, 0.5) is 5.69 Å². The second-order valence-electron chi connectivity index (χ2n) is 6.49. The van der Waals surface area contributed by atoms with E-state index >= 15 is 0 Å². The lowest BCUT2D eigenvalue weighted by molar-refractivity contribution is -0.130. The van der Waals surface area contributed by atoms with Crippen molar-refractivity contribution < 1.29 is 4.79 Å². The zero-order valence-corrected chi connectivity index (χ0v) is 14.5. The number of benzene rings is 1. The molecule has 1 amide bonds. The van der Waals surface area contributed by atoms with Gasteiger partial charge in [-0.15, -0.1) is 0 Å². The van der Waals surface area contributed by atoms with Crippen molar-refractivity contribution >= 4 is 11.6 Å². The molecule has 2 aromatic heterocycles. The Morgan fingerprint density at radius 3 is 2.85 bits per heavy atom. The molecule has 6 nitrogen and oxygen atoms in total. The molecule has 132 valence electrons. The van der Waals surface area contributed by atoms with E-state index in [0.717, 1.165) is 35.5 Å². The molecule has 0 bridgehead atoms. The quantitative estimate of drug-likeness (QED) is 0.770. The van der Waals surface area contributed by atoms with Gasteiger partial charge in [0.15, 0.2) is 0 Å². The highest BCUT2D eigenvalue weighted by Crippen LogP contribution is 2.19. The number of pyridine rings is 1. The summed E-state index contributed by atoms with van der Waals surface area (Å²) in [5, 5.41) is 7.09. The van der Waals surface area contributed by atoms with E-state index in [0.29, 0.717) is 19.6 Å². The molecule has 0 radical (unpaired) electrons. The van der Waals surface area contributed by atoms with Crippen LogP contribution < -0.4 is 4.90 Å². The Morgan fingerprint density at radius 1 is 1.15 bits per heavy atom. The number of carbonyl (C=O) groups is 1. The Bertz CT molecular complexity index is 862. The maximum absolute atomic E-state index is 12.9. The molecular formula is C20H21N5O. The molecular weight excluding hydrogens is 326 g/mol. The lowest BCUT2D eigenvalue weighted by atomic mass is 10.1. The van der Waals surface area contributed by atoms with Gasteiger partial charge in [0.25, 0.3) is 0 Å². The van der Waals surface area contributed by atoms with Crippen molar-refractivity contribution in [1.82, 2.24) is 20.1 Å². The number of para-hydroxylation sites is 1. The number of aromatic nitrogens is 3. The molecule has 0 saturated heterocycles. The van der Waals surface area contributed by atoms with E-state index in [9.17, 15) is 4.79 Å². The average Bonchev–Trinajstić information content (AvgIpc) is 3.17. The Labute approximate surface area is 152 Å². The lowest BCUT2D eigenvalue weighted by Crippen LogP contribution is -2.42. The first-order valence-electron chi connectivity index (χ1n) is 8.77. The second-order valence-corrected chi connectivity index (χ2v) is 6.49. The van der Waals surface area contributed by atoms with Crippen molar-refractivity contribution in [1.29, 1.82) is 0 Å². The molecule has 0 saturated carbocycles. The van der Waals surface area contributed by atoms with Gasteiger partial charge in [-0.2, -0.15) is 5.10 Å². The molecule has 3 aromatic rings. The van der Waals surface area contributed by atoms with Crippen LogP contribution in [0.15, 0.2) is 61.1 Å². The molecule has 4 rings (SSSR count). The first-order chi connectivity index (χ1) is 12.8. The second kappa shape index (κ2) is 7.39. The Morgan fingerprint density at radius 2 is 2.04 bits per heavy atom. The molecule has 1 aliphatic rings. The molecule has 1 aliphatic heterocycles. The summed E-state index contributed by atoms with van der Waals surface area (Å²) in [5.41, 5.74) is 4.37. The van der Waals surface area contributed by atoms with Crippen molar-refractivity contribution in [3.8, 4) is 0 Å². The predicted molar refractivity (Wildman–Crippen MR) is 99.4 cm³/mol. The van der Waals surface area contributed by atoms with E-state index in [1.165, 1.54) is 0 Å². The van der Waals surface area contributed by atoms with Crippen molar-refractivity contribution in [2.24, 2.45) is 0 Å². The van der Waals surface area contributed by atoms with Gasteiger partial charge in [0.05, 0.1) is 12.7 Å². The van der Waals surface area contributed by atoms with Crippen LogP contribution in [-0.4, -0.2) is 39.1 Å². The van der Waals surface area contributed by atoms with Crippen LogP contribution in [0.2, 0.25) is 0 Å². The van der Waals surface area contributed by atoms with Crippen LogP contribution in [0.1, 0.15) is 16.8 Å². The largest absolute Gasteiger partial charge is 0.358 e. The van der Waals surface area contributed by atoms with Crippen LogP contribution in [-0.2, 0) is 24.3 Å². The summed E-state index contributed by atoms with van der Waals surface area (Å²) in [7, 11) is 0. The van der Waals surface area contributed by atoms with Crippen LogP contribution >= 0.6 is 0 Å². The fraction of sp³-hybridized carbons (Fsp3) is 0.250. The lowest BCUT2D eigenvalue weighted by Gasteiger charge is -2.31. The fourth-order valence-corrected chi connectivity index (χ4v) is 3.29. The minimum Gasteiger partial charge on any atom is -0.358 e. The predicted octanol–water partition coefficient (Wildman–Crippen LogP) is 2.40. The molecule has 6 heteroatoms. The number of aromatic amines is 1. The molecule has 0 fully saturated rings. The standard InChI is InChI=1S/C20H21N5O/c26-20(24-10-8-19-17(14-24)12-22-23-19)15-25(18-6-2-1-3-7-18)13-16-5-4-9-21-11-16/h1-7,9,11-12H,8,10,13-15H2,(H,22,23). The third kappa shape index (κ3) is 3.59. The monoisotopic (exact) mass is 347 g/mol. The maximum atomic E-state index is 12.9. The number of nitrogens with one attached hydrogen (secondary N) is 1. The highest BCUT2D eigenvalue weighted by atomic mass is 16.2. The number of carbonyl (C=O) groups excluding carboxylic acids is 1. The van der Waals surface area contributed by atoms with E-state index in [2.05, 4.69) is 20.1 Å². The van der Waals surface area contributed by atoms with Gasteiger partial charge < -0.3 is 9.80 Å². The highest BCUT2D eigenvalue weighted by molar-refractivity contribution is 5.81. The van der Waals surface area contributed by atoms with Gasteiger partial charge in [-0.1, -0.05) is 24.3 Å². The molecule has 26 heavy (non-hydrogen) atoms. The number of H-pyrrole nitrogens is 1. The first-order valence-corrected chi connectivity index (χ1v) is 8.77. The first kappa shape index (κ1) is 16.3. The van der Waals surface area contributed by atoms with Crippen LogP contribution in [0, 0.1) is 0 Å². The third-order valence-electron chi connectivity index (χ3n) is 4.70. The third-order valence-corrected chi connectivity index (χ3v) is 4.70. The molecule has 1 N–H and O–H groups in total. The van der Waals surface area contributed by atoms with Crippen molar-refractivity contribution in [3.05, 3.63) is 77.9 Å². The summed E-state index contributed by atoms with van der Waals surface area (Å²) in [6.07, 6.45) is 6.26. The summed E-state index contributed by atoms with van der Waals surface area (Å²) < 4.78 is 0. The topological polar surface area (TPSA) is 65.1 Å². The zero-order valence-electron chi connectivity index (χ0n) is 14.5. The molecule has 0 atom stereocenters. The maximum Gasteiger partial charge on any atom is 0.242 e. The molecule has 1 aromatic carbocycles. The van der Waals surface area contributed by atoms with E-state index in [4.69, 9.17) is 0 Å². The molecule has 0 spiro atoms. The Kier molecular flexibility index (Phi) is 4.64. The van der Waals surface area contributed by atoms with Gasteiger partial charge in [0, 0.05) is 55.4 Å². The summed E-state index contributed by atoms with van der Waals surface area (Å²) in [5.74, 6) is 0.129. The average molecular weight is 347 g/mol. The SMILES string of the molecule is O=C(CN(Cc1cccnc1)c1ccccc1)N1CCc2[nH]ncc2C1. The van der Waals surface area contributed by atoms with E-state index in [1.807, 2.05) is 59.8 Å². The smallest absolute Gasteiger partial charge is 0.242 e. The van der Waals surface area contributed by atoms with Gasteiger partial charge in [0.2, 0.25) is 5.91 Å². The molecule has 0 unspecified atom stereocenters. The summed E-state index contributed by atoms with van der Waals surface area (Å²) in [6.45, 7) is 2.34. The summed E-state index contributed by atoms with van der Waals surface area (Å²) in [4.78, 5) is 21.1. The number of nitrogens with zero attached hydrogens (tertiary/aromatic N) is 4. The van der Waals surface area contributed by atoms with E-state index in [1.54, 1.807) is 6.20 Å². The van der Waals surface area contributed by atoms with Crippen molar-refractivity contribution in [2.75, 3.05) is 18.0 Å². The van der Waals surface area contributed by atoms with Crippen LogP contribution in [0.25, 0.3) is 0 Å². The van der Waals surface area contributed by atoms with E-state index in [-0.39, 0.29) is 5.91 Å². The van der Waals surface area contributed by atoms with Gasteiger partial charge in [-0.3, -0.25) is 14.9 Å². The number of rotatable bonds is 5. The fourth-order valence-electron chi connectivity index (χ4n) is 3.29. The van der Waals surface area contributed by atoms with Gasteiger partial charge in [-0.25, -0.2) is 0 Å². The number of anilines is 1. The van der Waals surface area contributed by atoms with Gasteiger partial charge in [0.1, 0.15) is 0 Å². The Balaban J connectivity index is 1.50. The number of hydrogen-bond donors (Lipinski definition) is 1. The normalized spacial score (nSPS) is 13.3. The summed E-state index contributed by atoms with van der Waals surface area (Å²) in [6, 6.07) is 14.0. The number of hydrogen-bond acceptors (Lipinski definition) is 4. The zero-order chi connectivity index (χ0) is 17.8.